The van der Waals surface area contributed by atoms with Gasteiger partial charge in [-0.2, -0.15) is 5.21 Å². The average Bonchev–Trinajstić information content (AvgIpc) is 3.78. The Morgan fingerprint density at radius 2 is 1.91 bits per heavy atom. The van der Waals surface area contributed by atoms with Gasteiger partial charge in [0.05, 0.1) is 12.6 Å². The number of amides is 2. The molecule has 1 aliphatic carbocycles. The number of nitrogens with one attached hydrogen (secondary N) is 3. The molecule has 2 amide bonds. The van der Waals surface area contributed by atoms with E-state index in [2.05, 4.69) is 69.6 Å². The molecule has 10 nitrogen and oxygen atoms in total. The molecule has 0 unspecified atom stereocenters. The summed E-state index contributed by atoms with van der Waals surface area (Å²) in [5.74, 6) is 0.799. The van der Waals surface area contributed by atoms with Crippen LogP contribution in [-0.4, -0.2) is 53.7 Å². The molecule has 242 valence electrons. The fraction of sp³-hybridized carbons (Fsp3) is 0.500. The molecule has 1 spiro atoms. The summed E-state index contributed by atoms with van der Waals surface area (Å²) in [6.07, 6.45) is 9.70. The van der Waals surface area contributed by atoms with Crippen molar-refractivity contribution in [2.24, 2.45) is 16.3 Å². The Morgan fingerprint density at radius 3 is 2.61 bits per heavy atom. The molecule has 2 aromatic heterocycles. The molecule has 4 aromatic rings. The minimum Gasteiger partial charge on any atom is -0.361 e. The summed E-state index contributed by atoms with van der Waals surface area (Å²) in [5.41, 5.74) is 4.71. The van der Waals surface area contributed by atoms with E-state index in [9.17, 15) is 9.59 Å². The third kappa shape index (κ3) is 6.22. The number of benzene rings is 2. The highest BCUT2D eigenvalue weighted by atomic mass is 16.2. The third-order valence-corrected chi connectivity index (χ3v) is 10.1. The molecular weight excluding hydrogens is 576 g/mol. The Labute approximate surface area is 270 Å². The van der Waals surface area contributed by atoms with E-state index >= 15 is 0 Å². The number of hydrogen-bond donors (Lipinski definition) is 3. The molecule has 6 rings (SSSR count). The number of tetrazole rings is 1. The molecule has 1 saturated carbocycles. The van der Waals surface area contributed by atoms with E-state index in [1.807, 2.05) is 49.5 Å². The smallest absolute Gasteiger partial charge is 0.275 e. The minimum atomic E-state index is -0.592. The first-order valence-corrected chi connectivity index (χ1v) is 16.7. The quantitative estimate of drug-likeness (QED) is 0.167. The molecule has 0 saturated heterocycles. The van der Waals surface area contributed by atoms with Gasteiger partial charge in [-0.25, -0.2) is 0 Å². The summed E-state index contributed by atoms with van der Waals surface area (Å²) in [4.78, 5) is 38.6. The van der Waals surface area contributed by atoms with Gasteiger partial charge in [0, 0.05) is 28.2 Å². The maximum atomic E-state index is 14.8. The number of rotatable bonds is 10. The van der Waals surface area contributed by atoms with Crippen molar-refractivity contribution in [3.05, 3.63) is 76.7 Å². The van der Waals surface area contributed by atoms with Crippen LogP contribution in [-0.2, 0) is 11.3 Å². The number of nitrogens with zero attached hydrogens (tertiary/aromatic N) is 5. The van der Waals surface area contributed by atoms with Crippen LogP contribution in [0.3, 0.4) is 0 Å². The zero-order valence-corrected chi connectivity index (χ0v) is 27.7. The molecule has 1 fully saturated rings. The number of aromatic nitrogens is 5. The second-order valence-electron chi connectivity index (χ2n) is 14.1. The summed E-state index contributed by atoms with van der Waals surface area (Å²) >= 11 is 0. The number of hydrogen-bond acceptors (Lipinski definition) is 6. The van der Waals surface area contributed by atoms with Gasteiger partial charge in [0.1, 0.15) is 11.4 Å². The molecule has 10 heteroatoms. The fourth-order valence-electron chi connectivity index (χ4n) is 7.45. The lowest BCUT2D eigenvalue weighted by atomic mass is 9.69. The predicted molar refractivity (Wildman–Crippen MR) is 179 cm³/mol. The Kier molecular flexibility index (Phi) is 8.81. The van der Waals surface area contributed by atoms with Gasteiger partial charge in [0.25, 0.3) is 11.8 Å². The monoisotopic (exact) mass is 622 g/mol. The molecule has 2 aliphatic rings. The number of carbonyl (C=O) groups is 2. The third-order valence-electron chi connectivity index (χ3n) is 10.1. The van der Waals surface area contributed by atoms with Crippen molar-refractivity contribution in [3.8, 4) is 0 Å². The van der Waals surface area contributed by atoms with Crippen LogP contribution in [0.15, 0.2) is 53.7 Å². The van der Waals surface area contributed by atoms with Crippen LogP contribution in [0.4, 0.5) is 0 Å². The van der Waals surface area contributed by atoms with Gasteiger partial charge in [-0.15, -0.1) is 10.2 Å². The summed E-state index contributed by atoms with van der Waals surface area (Å²) in [7, 11) is 0. The van der Waals surface area contributed by atoms with Gasteiger partial charge in [0.2, 0.25) is 0 Å². The summed E-state index contributed by atoms with van der Waals surface area (Å²) in [6.45, 7) is 11.4. The molecule has 1 atom stereocenters. The second kappa shape index (κ2) is 12.8. The van der Waals surface area contributed by atoms with Crippen LogP contribution in [0.2, 0.25) is 0 Å². The van der Waals surface area contributed by atoms with Crippen LogP contribution >= 0.6 is 0 Å². The summed E-state index contributed by atoms with van der Waals surface area (Å²) in [5, 5.41) is 17.7. The molecule has 3 heterocycles. The maximum Gasteiger partial charge on any atom is 0.275 e. The highest BCUT2D eigenvalue weighted by Gasteiger charge is 2.52. The van der Waals surface area contributed by atoms with Crippen LogP contribution in [0.5, 0.6) is 0 Å². The normalized spacial score (nSPS) is 20.8. The maximum absolute atomic E-state index is 14.8. The van der Waals surface area contributed by atoms with E-state index in [4.69, 9.17) is 4.99 Å². The van der Waals surface area contributed by atoms with Crippen molar-refractivity contribution in [3.63, 3.8) is 0 Å². The van der Waals surface area contributed by atoms with Crippen molar-refractivity contribution in [2.45, 2.75) is 104 Å². The average molecular weight is 623 g/mol. The number of aliphatic imine (C=N–C) groups is 1. The largest absolute Gasteiger partial charge is 0.361 e. The summed E-state index contributed by atoms with van der Waals surface area (Å²) in [6, 6.07) is 13.9. The Hall–Kier alpha value is -4.34. The first-order chi connectivity index (χ1) is 22.1. The standard InChI is InChI=1S/C36H46N8O2/c1-6-7-8-9-30(28-12-10-26(20-23(28)2)33(45)38-22-31-40-42-43-41-31)44-34(46)32(25-11-13-29-24(21-25)16-19-37-29)39-36(44)17-14-27(15-18-36)35(3,4)5/h10-13,16,19-21,27,30,37H,6-9,14-15,17-18,22H2,1-5H3,(H,38,45)(H,40,41,42,43)/t27?,30-,36?/m1/s1. The van der Waals surface area contributed by atoms with Crippen molar-refractivity contribution >= 4 is 28.4 Å². The lowest BCUT2D eigenvalue weighted by Crippen LogP contribution is -2.51. The lowest BCUT2D eigenvalue weighted by Gasteiger charge is -2.47. The zero-order chi connectivity index (χ0) is 32.5. The van der Waals surface area contributed by atoms with Gasteiger partial charge in [-0.3, -0.25) is 14.6 Å². The van der Waals surface area contributed by atoms with E-state index in [0.717, 1.165) is 79.0 Å². The Morgan fingerprint density at radius 1 is 1.11 bits per heavy atom. The predicted octanol–water partition coefficient (Wildman–Crippen LogP) is 6.80. The fourth-order valence-corrected chi connectivity index (χ4v) is 7.45. The van der Waals surface area contributed by atoms with Crippen molar-refractivity contribution in [1.82, 2.24) is 35.8 Å². The topological polar surface area (TPSA) is 132 Å². The van der Waals surface area contributed by atoms with Gasteiger partial charge in [-0.05, 0) is 91.8 Å². The SMILES string of the molecule is CCCCC[C@H](c1ccc(C(=O)NCc2nn[nH]n2)cc1C)N1C(=O)C(c2ccc3[nH]ccc3c2)=NC12CCC(C(C)(C)C)CC2. The van der Waals surface area contributed by atoms with Crippen LogP contribution in [0.1, 0.15) is 118 Å². The van der Waals surface area contributed by atoms with Gasteiger partial charge >= 0.3 is 0 Å². The van der Waals surface area contributed by atoms with Crippen LogP contribution < -0.4 is 5.32 Å². The molecule has 1 aliphatic heterocycles. The number of carbonyl (C=O) groups excluding carboxylic acids is 2. The molecular formula is C36H46N8O2. The molecule has 0 radical (unpaired) electrons. The number of aromatic amines is 2. The zero-order valence-electron chi connectivity index (χ0n) is 27.7. The second-order valence-corrected chi connectivity index (χ2v) is 14.1. The highest BCUT2D eigenvalue weighted by Crippen LogP contribution is 2.50. The first kappa shape index (κ1) is 31.6. The van der Waals surface area contributed by atoms with Crippen LogP contribution in [0, 0.1) is 18.3 Å². The number of unbranched alkanes of at least 4 members (excludes halogenated alkanes) is 2. The highest BCUT2D eigenvalue weighted by molar-refractivity contribution is 6.47. The van der Waals surface area contributed by atoms with E-state index in [1.165, 1.54) is 0 Å². The van der Waals surface area contributed by atoms with E-state index in [0.29, 0.717) is 23.0 Å². The van der Waals surface area contributed by atoms with Gasteiger partial charge < -0.3 is 15.2 Å². The first-order valence-electron chi connectivity index (χ1n) is 16.7. The van der Waals surface area contributed by atoms with E-state index in [1.54, 1.807) is 0 Å². The van der Waals surface area contributed by atoms with Crippen LogP contribution in [0.25, 0.3) is 10.9 Å². The molecule has 2 aromatic carbocycles. The number of aryl methyl sites for hydroxylation is 1. The van der Waals surface area contributed by atoms with Crippen molar-refractivity contribution < 1.29 is 9.59 Å². The van der Waals surface area contributed by atoms with Crippen molar-refractivity contribution in [2.75, 3.05) is 0 Å². The van der Waals surface area contributed by atoms with Crippen molar-refractivity contribution in [1.29, 1.82) is 0 Å². The number of fused-ring (bicyclic) bond motifs is 1. The minimum absolute atomic E-state index is 0.00641. The number of H-pyrrole nitrogens is 2. The lowest BCUT2D eigenvalue weighted by molar-refractivity contribution is -0.133. The van der Waals surface area contributed by atoms with E-state index < -0.39 is 5.66 Å². The van der Waals surface area contributed by atoms with E-state index in [-0.39, 0.29) is 29.8 Å². The molecule has 0 bridgehead atoms. The van der Waals surface area contributed by atoms with Gasteiger partial charge in [-0.1, -0.05) is 64.3 Å². The Balaban J connectivity index is 1.36. The summed E-state index contributed by atoms with van der Waals surface area (Å²) < 4.78 is 0. The Bertz CT molecular complexity index is 1720. The van der Waals surface area contributed by atoms with Gasteiger partial charge in [0.15, 0.2) is 5.82 Å². The molecule has 3 N–H and O–H groups in total. The molecule has 46 heavy (non-hydrogen) atoms.